The van der Waals surface area contributed by atoms with Gasteiger partial charge in [0.05, 0.1) is 13.2 Å². The van der Waals surface area contributed by atoms with Gasteiger partial charge < -0.3 is 19.5 Å². The summed E-state index contributed by atoms with van der Waals surface area (Å²) in [6.45, 7) is 5.88. The third-order valence-electron chi connectivity index (χ3n) is 1.27. The molecule has 1 fully saturated rings. The van der Waals surface area contributed by atoms with Crippen molar-refractivity contribution in [2.24, 2.45) is 0 Å². The molecule has 1 rings (SSSR count). The van der Waals surface area contributed by atoms with Crippen LogP contribution in [0.25, 0.3) is 0 Å². The standard InChI is InChI=1S/C5H9NO3.C2H6.K/c7-5(8)6-1-3-9-4-2-6;1-2;/h1-4H2,(H,7,8);1-2H3;/q;;+1/p-1. The maximum atomic E-state index is 10.1. The van der Waals surface area contributed by atoms with E-state index in [1.165, 1.54) is 4.90 Å². The van der Waals surface area contributed by atoms with Crippen LogP contribution in [0.1, 0.15) is 13.8 Å². The Balaban J connectivity index is 0. The number of carbonyl (C=O) groups excluding carboxylic acids is 1. The Kier molecular flexibility index (Phi) is 12.7. The first-order valence-corrected chi connectivity index (χ1v) is 3.84. The normalized spacial score (nSPS) is 15.3. The average molecular weight is 199 g/mol. The molecule has 0 N–H and O–H groups in total. The molecule has 4 nitrogen and oxygen atoms in total. The molecule has 66 valence electrons. The molecule has 0 unspecified atom stereocenters. The van der Waals surface area contributed by atoms with Crippen molar-refractivity contribution >= 4 is 6.09 Å². The fourth-order valence-electron chi connectivity index (χ4n) is 0.746. The Hall–Kier alpha value is 0.866. The van der Waals surface area contributed by atoms with Crippen LogP contribution in [0.2, 0.25) is 0 Å². The van der Waals surface area contributed by atoms with Crippen LogP contribution in [0.4, 0.5) is 4.79 Å². The molecule has 0 spiro atoms. The molecule has 1 heterocycles. The molecule has 5 heteroatoms. The fraction of sp³-hybridized carbons (Fsp3) is 0.857. The van der Waals surface area contributed by atoms with Gasteiger partial charge in [-0.2, -0.15) is 0 Å². The maximum absolute atomic E-state index is 10.1. The molecule has 0 radical (unpaired) electrons. The first-order valence-electron chi connectivity index (χ1n) is 3.84. The molecule has 1 saturated heterocycles. The van der Waals surface area contributed by atoms with Crippen LogP contribution in [-0.4, -0.2) is 37.3 Å². The van der Waals surface area contributed by atoms with Gasteiger partial charge in [-0.05, 0) is 0 Å². The van der Waals surface area contributed by atoms with Crippen LogP contribution in [0.3, 0.4) is 0 Å². The number of nitrogens with zero attached hydrogens (tertiary/aromatic N) is 1. The Morgan fingerprint density at radius 1 is 1.33 bits per heavy atom. The minimum Gasteiger partial charge on any atom is -0.530 e. The van der Waals surface area contributed by atoms with E-state index in [1.54, 1.807) is 0 Å². The summed E-state index contributed by atoms with van der Waals surface area (Å²) in [7, 11) is 0. The van der Waals surface area contributed by atoms with Gasteiger partial charge in [0.2, 0.25) is 0 Å². The van der Waals surface area contributed by atoms with Crippen LogP contribution < -0.4 is 56.5 Å². The first-order chi connectivity index (χ1) is 5.30. The molecule has 0 aromatic heterocycles. The zero-order valence-electron chi connectivity index (χ0n) is 8.00. The third-order valence-corrected chi connectivity index (χ3v) is 1.27. The molecule has 1 aliphatic rings. The van der Waals surface area contributed by atoms with Gasteiger partial charge in [-0.1, -0.05) is 13.8 Å². The van der Waals surface area contributed by atoms with Gasteiger partial charge in [-0.25, -0.2) is 0 Å². The number of hydrogen-bond donors (Lipinski definition) is 0. The van der Waals surface area contributed by atoms with Crippen molar-refractivity contribution in [1.29, 1.82) is 0 Å². The summed E-state index contributed by atoms with van der Waals surface area (Å²) >= 11 is 0. The molecular formula is C7H14KNO3. The summed E-state index contributed by atoms with van der Waals surface area (Å²) in [6, 6.07) is 0. The summed E-state index contributed by atoms with van der Waals surface area (Å²) in [5.74, 6) is 0. The van der Waals surface area contributed by atoms with Crippen LogP contribution >= 0.6 is 0 Å². The number of carboxylic acid groups (broad SMARTS) is 1. The van der Waals surface area contributed by atoms with Gasteiger partial charge in [-0.15, -0.1) is 0 Å². The second-order valence-corrected chi connectivity index (χ2v) is 1.87. The van der Waals surface area contributed by atoms with Crippen LogP contribution in [0.5, 0.6) is 0 Å². The zero-order valence-corrected chi connectivity index (χ0v) is 11.1. The van der Waals surface area contributed by atoms with Crippen molar-refractivity contribution in [2.75, 3.05) is 26.3 Å². The number of rotatable bonds is 0. The number of ether oxygens (including phenoxy) is 1. The predicted octanol–water partition coefficient (Wildman–Crippen LogP) is -3.31. The van der Waals surface area contributed by atoms with E-state index in [0.717, 1.165) is 0 Å². The summed E-state index contributed by atoms with van der Waals surface area (Å²) in [5.41, 5.74) is 0. The van der Waals surface area contributed by atoms with E-state index < -0.39 is 6.09 Å². The smallest absolute Gasteiger partial charge is 0.530 e. The molecule has 0 aromatic carbocycles. The van der Waals surface area contributed by atoms with E-state index in [1.807, 2.05) is 13.8 Å². The van der Waals surface area contributed by atoms with E-state index in [4.69, 9.17) is 4.74 Å². The summed E-state index contributed by atoms with van der Waals surface area (Å²) in [6.07, 6.45) is -1.10. The Morgan fingerprint density at radius 3 is 2.00 bits per heavy atom. The molecular weight excluding hydrogens is 185 g/mol. The van der Waals surface area contributed by atoms with Gasteiger partial charge in [-0.3, -0.25) is 0 Å². The first kappa shape index (κ1) is 15.3. The minimum atomic E-state index is -1.10. The fourth-order valence-corrected chi connectivity index (χ4v) is 0.746. The van der Waals surface area contributed by atoms with Crippen molar-refractivity contribution in [1.82, 2.24) is 4.90 Å². The van der Waals surface area contributed by atoms with Crippen LogP contribution in [0.15, 0.2) is 0 Å². The predicted molar refractivity (Wildman–Crippen MR) is 39.1 cm³/mol. The quantitative estimate of drug-likeness (QED) is 0.384. The molecule has 0 aromatic rings. The Bertz CT molecular complexity index is 115. The topological polar surface area (TPSA) is 52.6 Å². The van der Waals surface area contributed by atoms with Gasteiger partial charge in [0.1, 0.15) is 6.09 Å². The van der Waals surface area contributed by atoms with Crippen molar-refractivity contribution in [3.05, 3.63) is 0 Å². The Labute approximate surface area is 116 Å². The summed E-state index contributed by atoms with van der Waals surface area (Å²) in [5, 5.41) is 10.1. The van der Waals surface area contributed by atoms with Crippen molar-refractivity contribution in [2.45, 2.75) is 13.8 Å². The van der Waals surface area contributed by atoms with Gasteiger partial charge in [0, 0.05) is 13.1 Å². The van der Waals surface area contributed by atoms with E-state index in [0.29, 0.717) is 26.3 Å². The number of carbonyl (C=O) groups is 1. The molecule has 0 aliphatic carbocycles. The number of amides is 1. The van der Waals surface area contributed by atoms with Gasteiger partial charge >= 0.3 is 51.4 Å². The van der Waals surface area contributed by atoms with Crippen molar-refractivity contribution in [3.8, 4) is 0 Å². The van der Waals surface area contributed by atoms with E-state index >= 15 is 0 Å². The molecule has 1 aliphatic heterocycles. The van der Waals surface area contributed by atoms with E-state index in [-0.39, 0.29) is 51.4 Å². The molecule has 0 saturated carbocycles. The molecule has 12 heavy (non-hydrogen) atoms. The molecule has 0 atom stereocenters. The third kappa shape index (κ3) is 6.39. The molecule has 1 amide bonds. The summed E-state index contributed by atoms with van der Waals surface area (Å²) in [4.78, 5) is 11.4. The van der Waals surface area contributed by atoms with Crippen molar-refractivity contribution < 1.29 is 66.0 Å². The van der Waals surface area contributed by atoms with Crippen LogP contribution in [-0.2, 0) is 4.74 Å². The number of hydrogen-bond acceptors (Lipinski definition) is 3. The SMILES string of the molecule is CC.O=C([O-])N1CCOCC1.[K+]. The van der Waals surface area contributed by atoms with Crippen molar-refractivity contribution in [3.63, 3.8) is 0 Å². The number of morpholine rings is 1. The Morgan fingerprint density at radius 2 is 1.75 bits per heavy atom. The van der Waals surface area contributed by atoms with E-state index in [9.17, 15) is 9.90 Å². The zero-order chi connectivity index (χ0) is 8.69. The van der Waals surface area contributed by atoms with Crippen LogP contribution in [0, 0.1) is 0 Å². The second-order valence-electron chi connectivity index (χ2n) is 1.87. The average Bonchev–Trinajstić information content (AvgIpc) is 2.10. The van der Waals surface area contributed by atoms with Gasteiger partial charge in [0.25, 0.3) is 0 Å². The maximum Gasteiger partial charge on any atom is 1.00 e. The monoisotopic (exact) mass is 199 g/mol. The summed E-state index contributed by atoms with van der Waals surface area (Å²) < 4.78 is 4.92. The minimum absolute atomic E-state index is 0. The van der Waals surface area contributed by atoms with E-state index in [2.05, 4.69) is 0 Å². The molecule has 0 bridgehead atoms. The van der Waals surface area contributed by atoms with Gasteiger partial charge in [0.15, 0.2) is 0 Å². The second kappa shape index (κ2) is 9.95. The largest absolute Gasteiger partial charge is 1.00 e.